The normalized spacial score (nSPS) is 10.0. The maximum Gasteiger partial charge on any atom is 0.257 e. The van der Waals surface area contributed by atoms with Crippen LogP contribution in [0.5, 0.6) is 0 Å². The number of amides is 2. The number of likely N-dealkylation sites (N-methyl/N-ethyl adjacent to an activating group) is 1. The summed E-state index contributed by atoms with van der Waals surface area (Å²) in [6, 6.07) is 8.67. The molecule has 0 aliphatic carbocycles. The Morgan fingerprint density at radius 3 is 2.71 bits per heavy atom. The molecule has 2 N–H and O–H groups in total. The lowest BCUT2D eigenvalue weighted by Crippen LogP contribution is -2.21. The number of nitrogens with zero attached hydrogens (tertiary/aromatic N) is 1. The molecular formula is C15H14ClN3O2. The van der Waals surface area contributed by atoms with E-state index in [0.717, 1.165) is 5.56 Å². The molecule has 0 spiro atoms. The molecule has 1 aromatic heterocycles. The molecule has 21 heavy (non-hydrogen) atoms. The fourth-order valence-corrected chi connectivity index (χ4v) is 2.01. The summed E-state index contributed by atoms with van der Waals surface area (Å²) in [5.74, 6) is -0.467. The highest BCUT2D eigenvalue weighted by Gasteiger charge is 2.13. The summed E-state index contributed by atoms with van der Waals surface area (Å²) >= 11 is 5.94. The standard InChI is InChI=1S/C15H14ClN3O2/c1-17-14(20)8-10-4-2-3-5-13(10)19-15(21)11-6-7-18-9-12(11)16/h2-7,9H,8H2,1H3,(H,17,20)(H,19,21). The fourth-order valence-electron chi connectivity index (χ4n) is 1.81. The molecule has 2 amide bonds. The fraction of sp³-hybridized carbons (Fsp3) is 0.133. The quantitative estimate of drug-likeness (QED) is 0.910. The van der Waals surface area contributed by atoms with Gasteiger partial charge in [0.1, 0.15) is 0 Å². The average molecular weight is 304 g/mol. The number of pyridine rings is 1. The first-order valence-electron chi connectivity index (χ1n) is 6.31. The van der Waals surface area contributed by atoms with Crippen molar-refractivity contribution < 1.29 is 9.59 Å². The van der Waals surface area contributed by atoms with Crippen molar-refractivity contribution in [2.24, 2.45) is 0 Å². The lowest BCUT2D eigenvalue weighted by Gasteiger charge is -2.11. The Balaban J connectivity index is 2.22. The molecule has 1 aromatic carbocycles. The van der Waals surface area contributed by atoms with Crippen LogP contribution in [0.25, 0.3) is 0 Å². The number of benzene rings is 1. The maximum absolute atomic E-state index is 12.2. The zero-order chi connectivity index (χ0) is 15.2. The molecule has 0 saturated carbocycles. The van der Waals surface area contributed by atoms with E-state index in [1.807, 2.05) is 6.07 Å². The first kappa shape index (κ1) is 15.0. The Kier molecular flexibility index (Phi) is 4.90. The highest BCUT2D eigenvalue weighted by molar-refractivity contribution is 6.34. The van der Waals surface area contributed by atoms with Gasteiger partial charge in [-0.3, -0.25) is 14.6 Å². The van der Waals surface area contributed by atoms with Gasteiger partial charge < -0.3 is 10.6 Å². The van der Waals surface area contributed by atoms with Crippen LogP contribution in [0.3, 0.4) is 0 Å². The van der Waals surface area contributed by atoms with Gasteiger partial charge in [0.15, 0.2) is 0 Å². The van der Waals surface area contributed by atoms with E-state index in [1.54, 1.807) is 31.3 Å². The monoisotopic (exact) mass is 303 g/mol. The van der Waals surface area contributed by atoms with Gasteiger partial charge in [-0.25, -0.2) is 0 Å². The Morgan fingerprint density at radius 2 is 2.00 bits per heavy atom. The van der Waals surface area contributed by atoms with Crippen molar-refractivity contribution in [2.45, 2.75) is 6.42 Å². The van der Waals surface area contributed by atoms with Crippen LogP contribution in [-0.4, -0.2) is 23.8 Å². The number of halogens is 1. The van der Waals surface area contributed by atoms with Gasteiger partial charge in [0, 0.05) is 25.1 Å². The van der Waals surface area contributed by atoms with Crippen LogP contribution in [0.4, 0.5) is 5.69 Å². The van der Waals surface area contributed by atoms with Gasteiger partial charge in [-0.1, -0.05) is 29.8 Å². The highest BCUT2D eigenvalue weighted by atomic mass is 35.5. The zero-order valence-corrected chi connectivity index (χ0v) is 12.1. The third-order valence-electron chi connectivity index (χ3n) is 2.91. The summed E-state index contributed by atoms with van der Waals surface area (Å²) in [5.41, 5.74) is 1.65. The van der Waals surface area contributed by atoms with Gasteiger partial charge in [-0.2, -0.15) is 0 Å². The predicted octanol–water partition coefficient (Wildman–Crippen LogP) is 2.28. The molecule has 1 heterocycles. The number of carbonyl (C=O) groups excluding carboxylic acids is 2. The minimum absolute atomic E-state index is 0.126. The molecule has 6 heteroatoms. The third kappa shape index (κ3) is 3.79. The molecule has 108 valence electrons. The second kappa shape index (κ2) is 6.85. The molecule has 0 atom stereocenters. The van der Waals surface area contributed by atoms with Gasteiger partial charge in [0.25, 0.3) is 5.91 Å². The first-order chi connectivity index (χ1) is 10.1. The Morgan fingerprint density at radius 1 is 1.24 bits per heavy atom. The highest BCUT2D eigenvalue weighted by Crippen LogP contribution is 2.19. The second-order valence-electron chi connectivity index (χ2n) is 4.32. The van der Waals surface area contributed by atoms with Crippen molar-refractivity contribution in [1.82, 2.24) is 10.3 Å². The van der Waals surface area contributed by atoms with Crippen molar-refractivity contribution in [3.63, 3.8) is 0 Å². The lowest BCUT2D eigenvalue weighted by molar-refractivity contribution is -0.119. The van der Waals surface area contributed by atoms with Crippen molar-refractivity contribution in [1.29, 1.82) is 0 Å². The molecule has 0 aliphatic rings. The second-order valence-corrected chi connectivity index (χ2v) is 4.72. The molecular weight excluding hydrogens is 290 g/mol. The molecule has 0 saturated heterocycles. The number of anilines is 1. The summed E-state index contributed by atoms with van der Waals surface area (Å²) in [6.45, 7) is 0. The van der Waals surface area contributed by atoms with Crippen molar-refractivity contribution >= 4 is 29.1 Å². The van der Waals surface area contributed by atoms with Crippen molar-refractivity contribution in [3.8, 4) is 0 Å². The van der Waals surface area contributed by atoms with Crippen LogP contribution in [-0.2, 0) is 11.2 Å². The van der Waals surface area contributed by atoms with Gasteiger partial charge >= 0.3 is 0 Å². The predicted molar refractivity (Wildman–Crippen MR) is 81.4 cm³/mol. The minimum Gasteiger partial charge on any atom is -0.359 e. The molecule has 0 unspecified atom stereocenters. The number of rotatable bonds is 4. The van der Waals surface area contributed by atoms with Crippen LogP contribution in [0.15, 0.2) is 42.7 Å². The van der Waals surface area contributed by atoms with E-state index in [4.69, 9.17) is 11.6 Å². The van der Waals surface area contributed by atoms with Gasteiger partial charge in [0.05, 0.1) is 17.0 Å². The van der Waals surface area contributed by atoms with Crippen molar-refractivity contribution in [2.75, 3.05) is 12.4 Å². The number of carbonyl (C=O) groups is 2. The van der Waals surface area contributed by atoms with E-state index < -0.39 is 0 Å². The number of hydrogen-bond acceptors (Lipinski definition) is 3. The van der Waals surface area contributed by atoms with Gasteiger partial charge in [-0.05, 0) is 17.7 Å². The van der Waals surface area contributed by atoms with Crippen LogP contribution >= 0.6 is 11.6 Å². The van der Waals surface area contributed by atoms with E-state index in [1.165, 1.54) is 12.4 Å². The first-order valence-corrected chi connectivity index (χ1v) is 6.69. The van der Waals surface area contributed by atoms with Crippen LogP contribution in [0, 0.1) is 0 Å². The van der Waals surface area contributed by atoms with Gasteiger partial charge in [0.2, 0.25) is 5.91 Å². The summed E-state index contributed by atoms with van der Waals surface area (Å²) in [4.78, 5) is 27.5. The molecule has 0 bridgehead atoms. The lowest BCUT2D eigenvalue weighted by atomic mass is 10.1. The Labute approximate surface area is 127 Å². The number of hydrogen-bond donors (Lipinski definition) is 2. The largest absolute Gasteiger partial charge is 0.359 e. The van der Waals surface area contributed by atoms with E-state index in [-0.39, 0.29) is 23.3 Å². The number of nitrogens with one attached hydrogen (secondary N) is 2. The summed E-state index contributed by atoms with van der Waals surface area (Å²) in [6.07, 6.45) is 3.10. The van der Waals surface area contributed by atoms with Crippen LogP contribution in [0.2, 0.25) is 5.02 Å². The van der Waals surface area contributed by atoms with Crippen molar-refractivity contribution in [3.05, 3.63) is 58.9 Å². The van der Waals surface area contributed by atoms with Crippen LogP contribution in [0.1, 0.15) is 15.9 Å². The smallest absolute Gasteiger partial charge is 0.257 e. The van der Waals surface area contributed by atoms with Crippen LogP contribution < -0.4 is 10.6 Å². The summed E-state index contributed by atoms with van der Waals surface area (Å²) in [7, 11) is 1.57. The molecule has 5 nitrogen and oxygen atoms in total. The van der Waals surface area contributed by atoms with E-state index in [0.29, 0.717) is 11.3 Å². The Hall–Kier alpha value is -2.40. The molecule has 0 fully saturated rings. The number of aromatic nitrogens is 1. The average Bonchev–Trinajstić information content (AvgIpc) is 2.49. The third-order valence-corrected chi connectivity index (χ3v) is 3.21. The maximum atomic E-state index is 12.2. The zero-order valence-electron chi connectivity index (χ0n) is 11.4. The molecule has 2 aromatic rings. The summed E-state index contributed by atoms with van der Waals surface area (Å²) < 4.78 is 0. The molecule has 0 aliphatic heterocycles. The Bertz CT molecular complexity index is 673. The summed E-state index contributed by atoms with van der Waals surface area (Å²) in [5, 5.41) is 5.60. The van der Waals surface area contributed by atoms with E-state index >= 15 is 0 Å². The topological polar surface area (TPSA) is 71.1 Å². The van der Waals surface area contributed by atoms with E-state index in [9.17, 15) is 9.59 Å². The number of para-hydroxylation sites is 1. The minimum atomic E-state index is -0.341. The van der Waals surface area contributed by atoms with E-state index in [2.05, 4.69) is 15.6 Å². The van der Waals surface area contributed by atoms with Gasteiger partial charge in [-0.15, -0.1) is 0 Å². The SMILES string of the molecule is CNC(=O)Cc1ccccc1NC(=O)c1ccncc1Cl. The molecule has 2 rings (SSSR count). The molecule has 0 radical (unpaired) electrons.